The third-order valence-electron chi connectivity index (χ3n) is 6.45. The summed E-state index contributed by atoms with van der Waals surface area (Å²) in [7, 11) is 0. The van der Waals surface area contributed by atoms with E-state index in [9.17, 15) is 19.5 Å². The monoisotopic (exact) mass is 502 g/mol. The molecule has 0 bridgehead atoms. The van der Waals surface area contributed by atoms with Gasteiger partial charge in [-0.25, -0.2) is 4.79 Å². The van der Waals surface area contributed by atoms with Crippen LogP contribution in [0.25, 0.3) is 11.1 Å². The van der Waals surface area contributed by atoms with E-state index in [-0.39, 0.29) is 19.6 Å². The van der Waals surface area contributed by atoms with Crippen LogP contribution in [0.4, 0.5) is 0 Å². The van der Waals surface area contributed by atoms with Crippen LogP contribution < -0.4 is 15.2 Å². The molecule has 2 amide bonds. The molecule has 37 heavy (non-hydrogen) atoms. The smallest absolute Gasteiger partial charge is 0.326 e. The second-order valence-corrected chi connectivity index (χ2v) is 9.65. The highest BCUT2D eigenvalue weighted by Crippen LogP contribution is 2.36. The molecule has 8 nitrogen and oxygen atoms in total. The summed E-state index contributed by atoms with van der Waals surface area (Å²) in [5.41, 5.74) is 7.51. The maximum absolute atomic E-state index is 13.9. The van der Waals surface area contributed by atoms with E-state index in [1.807, 2.05) is 74.5 Å². The van der Waals surface area contributed by atoms with E-state index in [1.54, 1.807) is 12.1 Å². The Bertz CT molecular complexity index is 1290. The van der Waals surface area contributed by atoms with Crippen molar-refractivity contribution < 1.29 is 29.0 Å². The first kappa shape index (κ1) is 25.8. The molecular weight excluding hydrogens is 472 g/mol. The Morgan fingerprint density at radius 1 is 0.946 bits per heavy atom. The third kappa shape index (κ3) is 5.91. The molecule has 0 saturated carbocycles. The average molecular weight is 503 g/mol. The molecule has 0 saturated heterocycles. The molecule has 1 aliphatic rings. The molecular formula is C29H30N2O6. The van der Waals surface area contributed by atoms with E-state index < -0.39 is 29.4 Å². The molecule has 3 aromatic rings. The largest absolute Gasteiger partial charge is 0.480 e. The van der Waals surface area contributed by atoms with Crippen LogP contribution in [0.3, 0.4) is 0 Å². The molecule has 4 rings (SSSR count). The molecule has 0 aliphatic carbocycles. The minimum absolute atomic E-state index is 0.0795. The van der Waals surface area contributed by atoms with Crippen molar-refractivity contribution in [2.45, 2.75) is 44.7 Å². The predicted molar refractivity (Wildman–Crippen MR) is 138 cm³/mol. The van der Waals surface area contributed by atoms with Gasteiger partial charge in [-0.15, -0.1) is 0 Å². The zero-order valence-corrected chi connectivity index (χ0v) is 20.8. The van der Waals surface area contributed by atoms with Gasteiger partial charge in [0.25, 0.3) is 5.91 Å². The Kier molecular flexibility index (Phi) is 7.47. The number of carboxylic acids is 1. The summed E-state index contributed by atoms with van der Waals surface area (Å²) in [5.74, 6) is -0.900. The fraction of sp³-hybridized carbons (Fsp3) is 0.276. The van der Waals surface area contributed by atoms with E-state index in [4.69, 9.17) is 15.2 Å². The van der Waals surface area contributed by atoms with E-state index >= 15 is 0 Å². The van der Waals surface area contributed by atoms with Crippen molar-refractivity contribution in [3.8, 4) is 22.6 Å². The van der Waals surface area contributed by atoms with Gasteiger partial charge < -0.3 is 25.2 Å². The number of rotatable bonds is 10. The summed E-state index contributed by atoms with van der Waals surface area (Å²) < 4.78 is 10.8. The molecule has 0 aromatic heterocycles. The van der Waals surface area contributed by atoms with E-state index in [2.05, 4.69) is 0 Å². The maximum Gasteiger partial charge on any atom is 0.326 e. The van der Waals surface area contributed by atoms with Crippen LogP contribution in [-0.4, -0.2) is 46.2 Å². The van der Waals surface area contributed by atoms with Crippen molar-refractivity contribution in [3.63, 3.8) is 0 Å². The molecule has 0 unspecified atom stereocenters. The zero-order valence-electron chi connectivity index (χ0n) is 20.8. The van der Waals surface area contributed by atoms with Crippen molar-refractivity contribution in [1.82, 2.24) is 4.90 Å². The number of primary amides is 1. The Morgan fingerprint density at radius 2 is 1.59 bits per heavy atom. The van der Waals surface area contributed by atoms with Gasteiger partial charge in [-0.1, -0.05) is 48.5 Å². The zero-order chi connectivity index (χ0) is 26.6. The van der Waals surface area contributed by atoms with Crippen LogP contribution in [0.5, 0.6) is 11.5 Å². The van der Waals surface area contributed by atoms with Gasteiger partial charge in [-0.2, -0.15) is 0 Å². The topological polar surface area (TPSA) is 119 Å². The molecule has 3 N–H and O–H groups in total. The normalized spacial score (nSPS) is 13.1. The van der Waals surface area contributed by atoms with Crippen molar-refractivity contribution >= 4 is 17.8 Å². The van der Waals surface area contributed by atoms with Crippen molar-refractivity contribution in [3.05, 3.63) is 83.9 Å². The van der Waals surface area contributed by atoms with E-state index in [1.165, 1.54) is 4.90 Å². The standard InChI is InChI=1S/C29H30N2O6/c1-29(2,17-19-6-4-3-5-7-19)31(23(28(34)35)13-15-26(30)32)27(33)21-10-8-20(9-11-21)22-12-14-24-25(16-22)37-18-36-24/h3-12,14,16,23H,13,15,17-18H2,1-2H3,(H2,30,32)(H,34,35)/t23-/m0/s1. The van der Waals surface area contributed by atoms with Gasteiger partial charge in [0.1, 0.15) is 6.04 Å². The van der Waals surface area contributed by atoms with E-state index in [0.29, 0.717) is 23.5 Å². The number of carbonyl (C=O) groups excluding carboxylic acids is 2. The van der Waals surface area contributed by atoms with Crippen LogP contribution in [0.15, 0.2) is 72.8 Å². The van der Waals surface area contributed by atoms with Gasteiger partial charge in [0.15, 0.2) is 11.5 Å². The predicted octanol–water partition coefficient (Wildman–Crippen LogP) is 4.26. The summed E-state index contributed by atoms with van der Waals surface area (Å²) in [5, 5.41) is 10.1. The van der Waals surface area contributed by atoms with Crippen molar-refractivity contribution in [2.75, 3.05) is 6.79 Å². The van der Waals surface area contributed by atoms with Gasteiger partial charge in [-0.3, -0.25) is 9.59 Å². The lowest BCUT2D eigenvalue weighted by Crippen LogP contribution is -2.57. The van der Waals surface area contributed by atoms with Gasteiger partial charge in [0.2, 0.25) is 12.7 Å². The van der Waals surface area contributed by atoms with Crippen LogP contribution in [-0.2, 0) is 16.0 Å². The lowest BCUT2D eigenvalue weighted by molar-refractivity contribution is -0.144. The summed E-state index contributed by atoms with van der Waals surface area (Å²) in [6.45, 7) is 3.85. The van der Waals surface area contributed by atoms with Gasteiger partial charge in [0.05, 0.1) is 0 Å². The number of hydrogen-bond acceptors (Lipinski definition) is 5. The molecule has 192 valence electrons. The van der Waals surface area contributed by atoms with Crippen LogP contribution in [0.2, 0.25) is 0 Å². The fourth-order valence-corrected chi connectivity index (χ4v) is 4.68. The van der Waals surface area contributed by atoms with Crippen LogP contribution in [0, 0.1) is 0 Å². The number of aliphatic carboxylic acids is 1. The summed E-state index contributed by atoms with van der Waals surface area (Å²) >= 11 is 0. The first-order chi connectivity index (χ1) is 17.7. The molecule has 0 spiro atoms. The minimum atomic E-state index is -1.23. The van der Waals surface area contributed by atoms with E-state index in [0.717, 1.165) is 16.7 Å². The number of nitrogens with zero attached hydrogens (tertiary/aromatic N) is 1. The highest BCUT2D eigenvalue weighted by Gasteiger charge is 2.40. The lowest BCUT2D eigenvalue weighted by atomic mass is 9.89. The second-order valence-electron chi connectivity index (χ2n) is 9.65. The molecule has 3 aromatic carbocycles. The summed E-state index contributed by atoms with van der Waals surface area (Å²) in [6, 6.07) is 20.9. The second kappa shape index (κ2) is 10.7. The summed E-state index contributed by atoms with van der Waals surface area (Å²) in [4.78, 5) is 39.1. The lowest BCUT2D eigenvalue weighted by Gasteiger charge is -2.42. The number of carbonyl (C=O) groups is 3. The SMILES string of the molecule is CC(C)(Cc1ccccc1)N(C(=O)c1ccc(-c2ccc3c(c2)OCO3)cc1)[C@@H](CCC(N)=O)C(=O)O. The number of carboxylic acid groups (broad SMARTS) is 1. The number of fused-ring (bicyclic) bond motifs is 1. The molecule has 0 radical (unpaired) electrons. The third-order valence-corrected chi connectivity index (χ3v) is 6.45. The number of benzene rings is 3. The molecule has 8 heteroatoms. The van der Waals surface area contributed by atoms with Crippen molar-refractivity contribution in [1.29, 1.82) is 0 Å². The average Bonchev–Trinajstić information content (AvgIpc) is 3.34. The number of amides is 2. The maximum atomic E-state index is 13.9. The van der Waals surface area contributed by atoms with Crippen LogP contribution in [0.1, 0.15) is 42.6 Å². The number of hydrogen-bond donors (Lipinski definition) is 2. The Hall–Kier alpha value is -4.33. The molecule has 1 aliphatic heterocycles. The number of nitrogens with two attached hydrogens (primary N) is 1. The van der Waals surface area contributed by atoms with Gasteiger partial charge in [0, 0.05) is 17.5 Å². The summed E-state index contributed by atoms with van der Waals surface area (Å²) in [6.07, 6.45) is 0.199. The Balaban J connectivity index is 1.66. The highest BCUT2D eigenvalue weighted by molar-refractivity contribution is 5.97. The Labute approximate surface area is 215 Å². The van der Waals surface area contributed by atoms with Gasteiger partial charge >= 0.3 is 5.97 Å². The quantitative estimate of drug-likeness (QED) is 0.427. The molecule has 1 atom stereocenters. The highest BCUT2D eigenvalue weighted by atomic mass is 16.7. The Morgan fingerprint density at radius 3 is 2.24 bits per heavy atom. The fourth-order valence-electron chi connectivity index (χ4n) is 4.68. The first-order valence-electron chi connectivity index (χ1n) is 12.0. The number of ether oxygens (including phenoxy) is 2. The first-order valence-corrected chi connectivity index (χ1v) is 12.0. The van der Waals surface area contributed by atoms with Gasteiger partial charge in [-0.05, 0) is 67.6 Å². The van der Waals surface area contributed by atoms with Crippen LogP contribution >= 0.6 is 0 Å². The molecule has 0 fully saturated rings. The minimum Gasteiger partial charge on any atom is -0.480 e. The van der Waals surface area contributed by atoms with Crippen molar-refractivity contribution in [2.24, 2.45) is 5.73 Å². The molecule has 1 heterocycles.